The van der Waals surface area contributed by atoms with Gasteiger partial charge in [-0.25, -0.2) is 4.39 Å². The van der Waals surface area contributed by atoms with E-state index in [1.54, 1.807) is 0 Å². The number of likely N-dealkylation sites (tertiary alicyclic amines) is 1. The number of morpholine rings is 1. The maximum absolute atomic E-state index is 14.6. The lowest BCUT2D eigenvalue weighted by molar-refractivity contribution is -0.0400. The molecule has 156 valence electrons. The molecule has 2 saturated heterocycles. The van der Waals surface area contributed by atoms with Crippen LogP contribution in [-0.2, 0) is 4.74 Å². The predicted octanol–water partition coefficient (Wildman–Crippen LogP) is 3.67. The van der Waals surface area contributed by atoms with Crippen LogP contribution in [0.5, 0.6) is 0 Å². The molecule has 7 atom stereocenters. The van der Waals surface area contributed by atoms with Crippen LogP contribution in [0.3, 0.4) is 0 Å². The van der Waals surface area contributed by atoms with E-state index in [4.69, 9.17) is 4.74 Å². The summed E-state index contributed by atoms with van der Waals surface area (Å²) in [6, 6.07) is 2.85. The summed E-state index contributed by atoms with van der Waals surface area (Å²) >= 11 is 0. The molecule has 5 rings (SSSR count). The molecule has 5 fully saturated rings. The first kappa shape index (κ1) is 19.3. The molecule has 4 nitrogen and oxygen atoms in total. The molecule has 2 aliphatic heterocycles. The van der Waals surface area contributed by atoms with Crippen LogP contribution in [-0.4, -0.2) is 55.0 Å². The van der Waals surface area contributed by atoms with E-state index in [2.05, 4.69) is 16.3 Å². The molecule has 0 aromatic heterocycles. The summed E-state index contributed by atoms with van der Waals surface area (Å²) in [7, 11) is 0. The Labute approximate surface area is 169 Å². The quantitative estimate of drug-likeness (QED) is 0.797. The summed E-state index contributed by atoms with van der Waals surface area (Å²) in [4.78, 5) is 2.67. The zero-order valence-electron chi connectivity index (χ0n) is 17.1. The Kier molecular flexibility index (Phi) is 5.41. The fourth-order valence-electron chi connectivity index (χ4n) is 6.52. The lowest BCUT2D eigenvalue weighted by Crippen LogP contribution is -2.53. The number of hydrogen-bond acceptors (Lipinski definition) is 4. The largest absolute Gasteiger partial charge is 0.375 e. The van der Waals surface area contributed by atoms with Gasteiger partial charge in [0.1, 0.15) is 6.17 Å². The number of halogens is 1. The third-order valence-corrected chi connectivity index (χ3v) is 8.66. The molecule has 1 N–H and O–H groups in total. The van der Waals surface area contributed by atoms with Gasteiger partial charge in [-0.2, -0.15) is 5.26 Å². The molecule has 3 aliphatic carbocycles. The van der Waals surface area contributed by atoms with E-state index in [1.165, 1.54) is 58.0 Å². The highest BCUT2D eigenvalue weighted by atomic mass is 19.1. The van der Waals surface area contributed by atoms with Gasteiger partial charge in [-0.3, -0.25) is 0 Å². The summed E-state index contributed by atoms with van der Waals surface area (Å²) in [5, 5.41) is 12.9. The first-order chi connectivity index (χ1) is 13.7. The van der Waals surface area contributed by atoms with Crippen molar-refractivity contribution in [2.24, 2.45) is 23.7 Å². The average molecular weight is 390 g/mol. The number of nitrogens with zero attached hydrogens (tertiary/aromatic N) is 2. The van der Waals surface area contributed by atoms with Crippen LogP contribution in [0.1, 0.15) is 64.2 Å². The molecule has 0 bridgehead atoms. The van der Waals surface area contributed by atoms with E-state index in [1.807, 2.05) is 0 Å². The van der Waals surface area contributed by atoms with Gasteiger partial charge in [0, 0.05) is 18.1 Å². The second-order valence-corrected chi connectivity index (χ2v) is 10.5. The van der Waals surface area contributed by atoms with Crippen molar-refractivity contribution in [2.75, 3.05) is 26.2 Å². The van der Waals surface area contributed by atoms with Crippen molar-refractivity contribution < 1.29 is 9.13 Å². The minimum atomic E-state index is -0.915. The summed E-state index contributed by atoms with van der Waals surface area (Å²) < 4.78 is 20.8. The Morgan fingerprint density at radius 1 is 1.14 bits per heavy atom. The van der Waals surface area contributed by atoms with E-state index in [-0.39, 0.29) is 5.92 Å². The van der Waals surface area contributed by atoms with Crippen LogP contribution in [0.25, 0.3) is 0 Å². The van der Waals surface area contributed by atoms with Gasteiger partial charge in [-0.05, 0) is 95.1 Å². The van der Waals surface area contributed by atoms with Gasteiger partial charge in [0.15, 0.2) is 0 Å². The lowest BCUT2D eigenvalue weighted by atomic mass is 9.65. The van der Waals surface area contributed by atoms with Gasteiger partial charge in [0.25, 0.3) is 0 Å². The highest BCUT2D eigenvalue weighted by Gasteiger charge is 2.47. The van der Waals surface area contributed by atoms with Crippen LogP contribution in [0.4, 0.5) is 4.39 Å². The Morgan fingerprint density at radius 2 is 2.00 bits per heavy atom. The number of rotatable bonds is 4. The standard InChI is InChI=1S/C23H36FN3O/c24-21-12-17(3-4-18(21)13-25)20-11-16(2-5-22(20)27-8-1-9-27)10-19-14-26-23(6-7-23)15-28-19/h16-22,26H,1-12,14-15H2. The molecule has 7 unspecified atom stereocenters. The SMILES string of the molecule is N#CC1CCC(C2CC(CC3CNC4(CC4)CO3)CCC2N2CCC2)CC1F. The zero-order chi connectivity index (χ0) is 19.1. The molecule has 0 amide bonds. The van der Waals surface area contributed by atoms with Crippen LogP contribution >= 0.6 is 0 Å². The molecule has 28 heavy (non-hydrogen) atoms. The van der Waals surface area contributed by atoms with E-state index >= 15 is 0 Å². The van der Waals surface area contributed by atoms with Crippen LogP contribution in [0.15, 0.2) is 0 Å². The Morgan fingerprint density at radius 3 is 2.61 bits per heavy atom. The van der Waals surface area contributed by atoms with Crippen molar-refractivity contribution in [3.63, 3.8) is 0 Å². The van der Waals surface area contributed by atoms with Gasteiger partial charge < -0.3 is 15.0 Å². The first-order valence-corrected chi connectivity index (χ1v) is 11.8. The second-order valence-electron chi connectivity index (χ2n) is 10.5. The number of alkyl halides is 1. The van der Waals surface area contributed by atoms with Crippen molar-refractivity contribution in [3.8, 4) is 6.07 Å². The predicted molar refractivity (Wildman–Crippen MR) is 106 cm³/mol. The van der Waals surface area contributed by atoms with Crippen molar-refractivity contribution in [1.29, 1.82) is 5.26 Å². The number of nitrogens with one attached hydrogen (secondary N) is 1. The molecule has 0 aromatic carbocycles. The normalized spacial score (nSPS) is 45.9. The number of nitriles is 1. The van der Waals surface area contributed by atoms with Crippen molar-refractivity contribution in [3.05, 3.63) is 0 Å². The third kappa shape index (κ3) is 3.85. The fraction of sp³-hybridized carbons (Fsp3) is 0.957. The molecule has 0 radical (unpaired) electrons. The van der Waals surface area contributed by atoms with Crippen molar-refractivity contribution in [1.82, 2.24) is 10.2 Å². The number of ether oxygens (including phenoxy) is 1. The minimum absolute atomic E-state index is 0.337. The second kappa shape index (κ2) is 7.85. The molecule has 3 saturated carbocycles. The highest BCUT2D eigenvalue weighted by molar-refractivity contribution is 5.05. The summed E-state index contributed by atoms with van der Waals surface area (Å²) in [6.07, 6.45) is 10.7. The molecule has 2 heterocycles. The summed E-state index contributed by atoms with van der Waals surface area (Å²) in [5.41, 5.74) is 0.337. The minimum Gasteiger partial charge on any atom is -0.375 e. The smallest absolute Gasteiger partial charge is 0.116 e. The monoisotopic (exact) mass is 389 g/mol. The molecular weight excluding hydrogens is 353 g/mol. The molecule has 1 spiro atoms. The Balaban J connectivity index is 1.21. The number of hydrogen-bond donors (Lipinski definition) is 1. The van der Waals surface area contributed by atoms with E-state index in [9.17, 15) is 9.65 Å². The summed E-state index contributed by atoms with van der Waals surface area (Å²) in [5.74, 6) is 1.43. The Bertz CT molecular complexity index is 589. The topological polar surface area (TPSA) is 48.3 Å². The molecular formula is C23H36FN3O. The van der Waals surface area contributed by atoms with E-state index < -0.39 is 6.17 Å². The lowest BCUT2D eigenvalue weighted by Gasteiger charge is -2.50. The Hall–Kier alpha value is -0.700. The van der Waals surface area contributed by atoms with E-state index in [0.29, 0.717) is 41.9 Å². The van der Waals surface area contributed by atoms with Gasteiger partial charge >= 0.3 is 0 Å². The van der Waals surface area contributed by atoms with Crippen LogP contribution in [0.2, 0.25) is 0 Å². The maximum Gasteiger partial charge on any atom is 0.116 e. The third-order valence-electron chi connectivity index (χ3n) is 8.66. The summed E-state index contributed by atoms with van der Waals surface area (Å²) in [6.45, 7) is 4.37. The first-order valence-electron chi connectivity index (χ1n) is 11.8. The van der Waals surface area contributed by atoms with Crippen LogP contribution < -0.4 is 5.32 Å². The van der Waals surface area contributed by atoms with Gasteiger partial charge in [-0.15, -0.1) is 0 Å². The van der Waals surface area contributed by atoms with E-state index in [0.717, 1.165) is 26.0 Å². The fourth-order valence-corrected chi connectivity index (χ4v) is 6.52. The molecule has 5 aliphatic rings. The maximum atomic E-state index is 14.6. The molecule has 0 aromatic rings. The van der Waals surface area contributed by atoms with Crippen molar-refractivity contribution >= 4 is 0 Å². The van der Waals surface area contributed by atoms with Gasteiger partial charge in [-0.1, -0.05) is 0 Å². The zero-order valence-corrected chi connectivity index (χ0v) is 17.1. The van der Waals surface area contributed by atoms with Crippen molar-refractivity contribution in [2.45, 2.75) is 88.1 Å². The van der Waals surface area contributed by atoms with Gasteiger partial charge in [0.2, 0.25) is 0 Å². The van der Waals surface area contributed by atoms with Crippen LogP contribution in [0, 0.1) is 35.0 Å². The molecule has 5 heteroatoms. The average Bonchev–Trinajstić information content (AvgIpc) is 3.43. The van der Waals surface area contributed by atoms with Gasteiger partial charge in [0.05, 0.1) is 24.7 Å². The highest BCUT2D eigenvalue weighted by Crippen LogP contribution is 2.46.